The molecule has 8 nitrogen and oxygen atoms in total. The molecule has 2 aromatic rings. The number of nitrogens with one attached hydrogen (secondary N) is 1. The highest BCUT2D eigenvalue weighted by atomic mass is 16.5. The lowest BCUT2D eigenvalue weighted by atomic mass is 9.91. The molecule has 0 saturated carbocycles. The number of rotatable bonds is 7. The molecule has 8 heteroatoms. The number of aryl methyl sites for hydroxylation is 1. The molecule has 30 heavy (non-hydrogen) atoms. The summed E-state index contributed by atoms with van der Waals surface area (Å²) in [4.78, 5) is 35.9. The zero-order chi connectivity index (χ0) is 21.7. The van der Waals surface area contributed by atoms with Gasteiger partial charge in [0.2, 0.25) is 5.91 Å². The quantitative estimate of drug-likeness (QED) is 0.703. The van der Waals surface area contributed by atoms with E-state index in [4.69, 9.17) is 10.00 Å². The number of carbonyl (C=O) groups excluding carboxylic acids is 2. The molecular weight excluding hydrogens is 382 g/mol. The van der Waals surface area contributed by atoms with Gasteiger partial charge in [-0.25, -0.2) is 4.98 Å². The second-order valence-corrected chi connectivity index (χ2v) is 7.80. The van der Waals surface area contributed by atoms with Crippen molar-refractivity contribution in [3.63, 3.8) is 0 Å². The van der Waals surface area contributed by atoms with Crippen LogP contribution in [-0.2, 0) is 20.7 Å². The molecule has 1 N–H and O–H groups in total. The summed E-state index contributed by atoms with van der Waals surface area (Å²) in [5, 5.41) is 9.88. The maximum atomic E-state index is 12.3. The molecule has 2 atom stereocenters. The fourth-order valence-electron chi connectivity index (χ4n) is 4.23. The molecule has 0 unspecified atom stereocenters. The highest BCUT2D eigenvalue weighted by molar-refractivity contribution is 5.92. The smallest absolute Gasteiger partial charge is 0.306 e. The summed E-state index contributed by atoms with van der Waals surface area (Å²) in [7, 11) is 2.04. The van der Waals surface area contributed by atoms with Gasteiger partial charge in [0.15, 0.2) is 0 Å². The maximum Gasteiger partial charge on any atom is 0.306 e. The number of esters is 1. The number of H-pyrrole nitrogens is 1. The topological polar surface area (TPSA) is 102 Å². The highest BCUT2D eigenvalue weighted by Crippen LogP contribution is 2.34. The number of amides is 1. The first-order valence-corrected chi connectivity index (χ1v) is 10.4. The number of anilines is 1. The molecule has 3 rings (SSSR count). The molecule has 1 saturated heterocycles. The minimum Gasteiger partial charge on any atom is -0.466 e. The fraction of sp³-hybridized carbons (Fsp3) is 0.545. The predicted molar refractivity (Wildman–Crippen MR) is 114 cm³/mol. The van der Waals surface area contributed by atoms with Crippen LogP contribution in [0.5, 0.6) is 0 Å². The largest absolute Gasteiger partial charge is 0.466 e. The zero-order valence-corrected chi connectivity index (χ0v) is 17.9. The molecule has 0 bridgehead atoms. The molecule has 1 aliphatic rings. The standard InChI is InChI=1S/C22H29N5O3/c1-4-30-20(29)6-5-16-13-25-22-17(8-11-24-22)21(16)26(3)18-14-27(12-9-15(18)2)19(28)7-10-23/h8,11,13,15,18H,4-7,9,12,14H2,1-3H3,(H,24,25)/t15-,18+/m1/s1. The predicted octanol–water partition coefficient (Wildman–Crippen LogP) is 2.65. The average molecular weight is 412 g/mol. The molecule has 3 heterocycles. The Morgan fingerprint density at radius 2 is 2.27 bits per heavy atom. The number of piperidine rings is 1. The summed E-state index contributed by atoms with van der Waals surface area (Å²) in [6.07, 6.45) is 5.29. The van der Waals surface area contributed by atoms with Gasteiger partial charge in [-0.3, -0.25) is 9.59 Å². The number of fused-ring (bicyclic) bond motifs is 1. The van der Waals surface area contributed by atoms with Gasteiger partial charge in [0, 0.05) is 50.4 Å². The normalized spacial score (nSPS) is 18.8. The van der Waals surface area contributed by atoms with Crippen molar-refractivity contribution in [1.29, 1.82) is 5.26 Å². The second kappa shape index (κ2) is 9.61. The Labute approximate surface area is 176 Å². The van der Waals surface area contributed by atoms with Crippen molar-refractivity contribution < 1.29 is 14.3 Å². The number of aromatic nitrogens is 2. The van der Waals surface area contributed by atoms with Gasteiger partial charge in [0.25, 0.3) is 0 Å². The summed E-state index contributed by atoms with van der Waals surface area (Å²) in [6.45, 7) is 5.61. The first kappa shape index (κ1) is 21.6. The molecule has 2 aromatic heterocycles. The average Bonchev–Trinajstić information content (AvgIpc) is 3.21. The van der Waals surface area contributed by atoms with Gasteiger partial charge in [-0.15, -0.1) is 0 Å². The van der Waals surface area contributed by atoms with E-state index in [2.05, 4.69) is 21.8 Å². The van der Waals surface area contributed by atoms with Gasteiger partial charge in [-0.1, -0.05) is 6.92 Å². The molecule has 1 fully saturated rings. The Balaban J connectivity index is 1.90. The molecule has 0 aliphatic carbocycles. The minimum absolute atomic E-state index is 0.0904. The van der Waals surface area contributed by atoms with E-state index >= 15 is 0 Å². The third-order valence-electron chi connectivity index (χ3n) is 5.89. The Kier molecular flexibility index (Phi) is 6.93. The third-order valence-corrected chi connectivity index (χ3v) is 5.89. The number of pyridine rings is 1. The number of ether oxygens (including phenoxy) is 1. The van der Waals surface area contributed by atoms with Crippen molar-refractivity contribution in [3.8, 4) is 6.07 Å². The lowest BCUT2D eigenvalue weighted by Crippen LogP contribution is -2.52. The summed E-state index contributed by atoms with van der Waals surface area (Å²) < 4.78 is 5.08. The van der Waals surface area contributed by atoms with Gasteiger partial charge in [0.1, 0.15) is 12.1 Å². The van der Waals surface area contributed by atoms with Crippen LogP contribution >= 0.6 is 0 Å². The lowest BCUT2D eigenvalue weighted by molar-refractivity contribution is -0.143. The number of likely N-dealkylation sites (N-methyl/N-ethyl adjacent to an activating group) is 1. The van der Waals surface area contributed by atoms with Crippen LogP contribution in [0.25, 0.3) is 11.0 Å². The van der Waals surface area contributed by atoms with Gasteiger partial charge >= 0.3 is 5.97 Å². The van der Waals surface area contributed by atoms with Gasteiger partial charge in [0.05, 0.1) is 18.4 Å². The minimum atomic E-state index is -0.223. The van der Waals surface area contributed by atoms with Crippen LogP contribution < -0.4 is 4.90 Å². The first-order chi connectivity index (χ1) is 14.5. The molecule has 160 valence electrons. The van der Waals surface area contributed by atoms with Gasteiger partial charge in [-0.05, 0) is 37.3 Å². The van der Waals surface area contributed by atoms with E-state index in [9.17, 15) is 9.59 Å². The molecule has 0 spiro atoms. The van der Waals surface area contributed by atoms with Crippen molar-refractivity contribution in [2.24, 2.45) is 5.92 Å². The molecule has 1 aliphatic heterocycles. The van der Waals surface area contributed by atoms with E-state index in [1.54, 1.807) is 11.8 Å². The van der Waals surface area contributed by atoms with E-state index in [0.29, 0.717) is 38.5 Å². The summed E-state index contributed by atoms with van der Waals surface area (Å²) in [5.41, 5.74) is 2.79. The van der Waals surface area contributed by atoms with Crippen molar-refractivity contribution in [3.05, 3.63) is 24.0 Å². The third kappa shape index (κ3) is 4.56. The van der Waals surface area contributed by atoms with Crippen molar-refractivity contribution in [2.75, 3.05) is 31.6 Å². The Morgan fingerprint density at radius 3 is 3.00 bits per heavy atom. The number of carbonyl (C=O) groups is 2. The monoisotopic (exact) mass is 411 g/mol. The summed E-state index contributed by atoms with van der Waals surface area (Å²) in [6, 6.07) is 4.05. The SMILES string of the molecule is CCOC(=O)CCc1cnc2[nH]ccc2c1N(C)[C@H]1CN(C(=O)CC#N)CC[C@H]1C. The van der Waals surface area contributed by atoms with Crippen molar-refractivity contribution in [1.82, 2.24) is 14.9 Å². The van der Waals surface area contributed by atoms with E-state index in [1.807, 2.05) is 31.6 Å². The molecule has 0 aromatic carbocycles. The van der Waals surface area contributed by atoms with Gasteiger partial charge < -0.3 is 19.5 Å². The van der Waals surface area contributed by atoms with Crippen LogP contribution in [0.15, 0.2) is 18.5 Å². The van der Waals surface area contributed by atoms with Gasteiger partial charge in [-0.2, -0.15) is 5.26 Å². The van der Waals surface area contributed by atoms with Crippen molar-refractivity contribution in [2.45, 2.75) is 45.6 Å². The van der Waals surface area contributed by atoms with E-state index < -0.39 is 0 Å². The number of aromatic amines is 1. The Hall–Kier alpha value is -3.08. The number of hydrogen-bond donors (Lipinski definition) is 1. The van der Waals surface area contributed by atoms with E-state index in [-0.39, 0.29) is 24.3 Å². The number of nitriles is 1. The molecular formula is C22H29N5O3. The molecule has 1 amide bonds. The van der Waals surface area contributed by atoms with E-state index in [0.717, 1.165) is 28.7 Å². The number of likely N-dealkylation sites (tertiary alicyclic amines) is 1. The van der Waals surface area contributed by atoms with Crippen LogP contribution in [0.4, 0.5) is 5.69 Å². The zero-order valence-electron chi connectivity index (χ0n) is 17.9. The molecule has 0 radical (unpaired) electrons. The van der Waals surface area contributed by atoms with Crippen LogP contribution in [0.3, 0.4) is 0 Å². The Bertz CT molecular complexity index is 948. The fourth-order valence-corrected chi connectivity index (χ4v) is 4.23. The van der Waals surface area contributed by atoms with Crippen molar-refractivity contribution >= 4 is 28.6 Å². The summed E-state index contributed by atoms with van der Waals surface area (Å²) in [5.74, 6) is 0.0348. The van der Waals surface area contributed by atoms with Crippen LogP contribution in [0.2, 0.25) is 0 Å². The highest BCUT2D eigenvalue weighted by Gasteiger charge is 2.33. The maximum absolute atomic E-state index is 12.3. The first-order valence-electron chi connectivity index (χ1n) is 10.4. The second-order valence-electron chi connectivity index (χ2n) is 7.80. The lowest BCUT2D eigenvalue weighted by Gasteiger charge is -2.43. The van der Waals surface area contributed by atoms with Crippen LogP contribution in [0, 0.1) is 17.2 Å². The number of hydrogen-bond acceptors (Lipinski definition) is 6. The van der Waals surface area contributed by atoms with Crippen LogP contribution in [0.1, 0.15) is 38.7 Å². The number of nitrogens with zero attached hydrogens (tertiary/aromatic N) is 4. The van der Waals surface area contributed by atoms with Crippen LogP contribution in [-0.4, -0.2) is 59.5 Å². The Morgan fingerprint density at radius 1 is 1.47 bits per heavy atom. The van der Waals surface area contributed by atoms with E-state index in [1.165, 1.54) is 0 Å². The summed E-state index contributed by atoms with van der Waals surface area (Å²) >= 11 is 0.